The van der Waals surface area contributed by atoms with Gasteiger partial charge in [-0.05, 0) is 12.8 Å². The number of ether oxygens (including phenoxy) is 2. The predicted octanol–water partition coefficient (Wildman–Crippen LogP) is 1.21. The van der Waals surface area contributed by atoms with Crippen molar-refractivity contribution in [3.63, 3.8) is 0 Å². The Labute approximate surface area is 110 Å². The van der Waals surface area contributed by atoms with Gasteiger partial charge in [-0.15, -0.1) is 11.6 Å². The van der Waals surface area contributed by atoms with Crippen LogP contribution in [0.4, 0.5) is 0 Å². The van der Waals surface area contributed by atoms with E-state index in [1.165, 1.54) is 0 Å². The Balaban J connectivity index is 1.79. The molecule has 4 aliphatic rings. The van der Waals surface area contributed by atoms with Gasteiger partial charge in [0, 0.05) is 11.8 Å². The summed E-state index contributed by atoms with van der Waals surface area (Å²) in [6, 6.07) is 0. The molecule has 0 bridgehead atoms. The van der Waals surface area contributed by atoms with Gasteiger partial charge in [-0.3, -0.25) is 4.79 Å². The topological polar surface area (TPSA) is 59.1 Å². The molecule has 2 saturated heterocycles. The minimum atomic E-state index is -1.36. The lowest BCUT2D eigenvalue weighted by Crippen LogP contribution is -2.53. The SMILES string of the molecule is C[C@@H]1C(=O)OC2C1CCC1C=C[C@H](Cl)[C@@]3(O)O[C@]123. The van der Waals surface area contributed by atoms with Gasteiger partial charge in [0.25, 0.3) is 0 Å². The van der Waals surface area contributed by atoms with Gasteiger partial charge in [0.2, 0.25) is 5.79 Å². The summed E-state index contributed by atoms with van der Waals surface area (Å²) in [7, 11) is 0. The monoisotopic (exact) mass is 270 g/mol. The lowest BCUT2D eigenvalue weighted by Gasteiger charge is -2.39. The fraction of sp³-hybridized carbons (Fsp3) is 0.769. The van der Waals surface area contributed by atoms with Crippen molar-refractivity contribution >= 4 is 17.6 Å². The van der Waals surface area contributed by atoms with E-state index in [-0.39, 0.29) is 29.8 Å². The van der Waals surface area contributed by atoms with E-state index in [9.17, 15) is 9.90 Å². The minimum absolute atomic E-state index is 0.0943. The molecular weight excluding hydrogens is 256 g/mol. The van der Waals surface area contributed by atoms with Crippen LogP contribution in [0.2, 0.25) is 0 Å². The second-order valence-corrected chi connectivity index (χ2v) is 6.34. The molecule has 1 N–H and O–H groups in total. The van der Waals surface area contributed by atoms with Crippen molar-refractivity contribution < 1.29 is 19.4 Å². The summed E-state index contributed by atoms with van der Waals surface area (Å²) in [5.41, 5.74) is -0.794. The van der Waals surface area contributed by atoms with Gasteiger partial charge in [-0.2, -0.15) is 0 Å². The molecule has 18 heavy (non-hydrogen) atoms. The first-order valence-electron chi connectivity index (χ1n) is 6.46. The van der Waals surface area contributed by atoms with Gasteiger partial charge in [0.05, 0.1) is 5.92 Å². The Morgan fingerprint density at radius 2 is 2.22 bits per heavy atom. The summed E-state index contributed by atoms with van der Waals surface area (Å²) >= 11 is 6.13. The molecule has 1 saturated carbocycles. The number of rotatable bonds is 0. The normalized spacial score (nSPS) is 60.6. The molecule has 0 amide bonds. The van der Waals surface area contributed by atoms with Gasteiger partial charge in [-0.1, -0.05) is 19.1 Å². The standard InChI is InChI=1S/C13H15ClO4/c1-6-8-4-2-7-3-5-9(14)13(16)12(7,18-13)10(8)17-11(6)15/h3,5-10,16H,2,4H2,1H3/t6-,7?,8?,9-,10?,12+,13+/m0/s1. The number of epoxide rings is 1. The molecule has 2 heterocycles. The average molecular weight is 271 g/mol. The van der Waals surface area contributed by atoms with Crippen LogP contribution in [-0.4, -0.2) is 33.9 Å². The molecule has 7 atom stereocenters. The molecule has 1 spiro atoms. The first-order valence-corrected chi connectivity index (χ1v) is 6.90. The van der Waals surface area contributed by atoms with Gasteiger partial charge >= 0.3 is 5.97 Å². The molecule has 2 aliphatic heterocycles. The molecule has 4 nitrogen and oxygen atoms in total. The van der Waals surface area contributed by atoms with Gasteiger partial charge in [-0.25, -0.2) is 0 Å². The Hall–Kier alpha value is -0.580. The van der Waals surface area contributed by atoms with Crippen LogP contribution in [0.5, 0.6) is 0 Å². The quantitative estimate of drug-likeness (QED) is 0.311. The zero-order valence-electron chi connectivity index (χ0n) is 10.0. The molecule has 0 radical (unpaired) electrons. The van der Waals surface area contributed by atoms with Crippen LogP contribution in [0.3, 0.4) is 0 Å². The number of fused-ring (bicyclic) bond motifs is 1. The number of alkyl halides is 1. The summed E-state index contributed by atoms with van der Waals surface area (Å²) < 4.78 is 11.2. The summed E-state index contributed by atoms with van der Waals surface area (Å²) in [5, 5.41) is 9.96. The Morgan fingerprint density at radius 1 is 1.44 bits per heavy atom. The summed E-state index contributed by atoms with van der Waals surface area (Å²) in [5.74, 6) is -1.42. The molecule has 0 aromatic heterocycles. The zero-order chi connectivity index (χ0) is 12.7. The van der Waals surface area contributed by atoms with E-state index in [1.807, 2.05) is 13.0 Å². The molecule has 3 unspecified atom stereocenters. The van der Waals surface area contributed by atoms with Crippen LogP contribution in [0, 0.1) is 17.8 Å². The van der Waals surface area contributed by atoms with Crippen molar-refractivity contribution in [2.45, 2.75) is 42.6 Å². The van der Waals surface area contributed by atoms with E-state index in [2.05, 4.69) is 0 Å². The van der Waals surface area contributed by atoms with Gasteiger partial charge in [0.15, 0.2) is 5.60 Å². The van der Waals surface area contributed by atoms with E-state index < -0.39 is 16.8 Å². The van der Waals surface area contributed by atoms with Crippen molar-refractivity contribution in [2.75, 3.05) is 0 Å². The van der Waals surface area contributed by atoms with E-state index in [1.54, 1.807) is 6.08 Å². The molecule has 3 fully saturated rings. The lowest BCUT2D eigenvalue weighted by molar-refractivity contribution is -0.147. The third-order valence-corrected chi connectivity index (χ3v) is 5.60. The maximum absolute atomic E-state index is 11.8. The summed E-state index contributed by atoms with van der Waals surface area (Å²) in [6.45, 7) is 1.89. The van der Waals surface area contributed by atoms with Crippen LogP contribution >= 0.6 is 11.6 Å². The van der Waals surface area contributed by atoms with Crippen molar-refractivity contribution in [2.24, 2.45) is 17.8 Å². The van der Waals surface area contributed by atoms with Crippen LogP contribution in [-0.2, 0) is 14.3 Å². The van der Waals surface area contributed by atoms with E-state index >= 15 is 0 Å². The van der Waals surface area contributed by atoms with Crippen LogP contribution in [0.25, 0.3) is 0 Å². The zero-order valence-corrected chi connectivity index (χ0v) is 10.8. The van der Waals surface area contributed by atoms with E-state index in [0.29, 0.717) is 0 Å². The molecule has 4 rings (SSSR count). The maximum Gasteiger partial charge on any atom is 0.309 e. The fourth-order valence-corrected chi connectivity index (χ4v) is 4.37. The van der Waals surface area contributed by atoms with E-state index in [0.717, 1.165) is 12.8 Å². The summed E-state index contributed by atoms with van der Waals surface area (Å²) in [6.07, 6.45) is 5.28. The number of aliphatic hydroxyl groups is 1. The van der Waals surface area contributed by atoms with Crippen molar-refractivity contribution in [3.8, 4) is 0 Å². The number of hydrogen-bond acceptors (Lipinski definition) is 4. The lowest BCUT2D eigenvalue weighted by atomic mass is 9.65. The maximum atomic E-state index is 11.8. The largest absolute Gasteiger partial charge is 0.458 e. The Bertz CT molecular complexity index is 464. The second-order valence-electron chi connectivity index (χ2n) is 5.87. The molecule has 98 valence electrons. The molecule has 5 heteroatoms. The Kier molecular flexibility index (Phi) is 1.95. The highest BCUT2D eigenvalue weighted by molar-refractivity contribution is 6.23. The van der Waals surface area contributed by atoms with Gasteiger partial charge < -0.3 is 14.6 Å². The third-order valence-electron chi connectivity index (χ3n) is 5.16. The number of hydrogen-bond donors (Lipinski definition) is 1. The highest BCUT2D eigenvalue weighted by Gasteiger charge is 2.83. The average Bonchev–Trinajstić information content (AvgIpc) is 2.88. The minimum Gasteiger partial charge on any atom is -0.458 e. The Morgan fingerprint density at radius 3 is 3.00 bits per heavy atom. The van der Waals surface area contributed by atoms with E-state index in [4.69, 9.17) is 21.1 Å². The number of esters is 1. The smallest absolute Gasteiger partial charge is 0.309 e. The van der Waals surface area contributed by atoms with Gasteiger partial charge in [0.1, 0.15) is 11.5 Å². The first kappa shape index (κ1) is 11.3. The predicted molar refractivity (Wildman–Crippen MR) is 62.8 cm³/mol. The van der Waals surface area contributed by atoms with Crippen molar-refractivity contribution in [1.29, 1.82) is 0 Å². The first-order chi connectivity index (χ1) is 8.50. The molecule has 0 aromatic rings. The summed E-state index contributed by atoms with van der Waals surface area (Å²) in [4.78, 5) is 11.8. The van der Waals surface area contributed by atoms with Crippen molar-refractivity contribution in [3.05, 3.63) is 12.2 Å². The van der Waals surface area contributed by atoms with Crippen LogP contribution < -0.4 is 0 Å². The molecule has 0 aromatic carbocycles. The second kappa shape index (κ2) is 3.11. The van der Waals surface area contributed by atoms with Crippen molar-refractivity contribution in [1.82, 2.24) is 0 Å². The highest BCUT2D eigenvalue weighted by Crippen LogP contribution is 2.66. The number of carbonyl (C=O) groups excluding carboxylic acids is 1. The molecule has 2 aliphatic carbocycles. The number of halogens is 1. The highest BCUT2D eigenvalue weighted by atomic mass is 35.5. The third kappa shape index (κ3) is 1.01. The van der Waals surface area contributed by atoms with Crippen LogP contribution in [0.1, 0.15) is 19.8 Å². The molecular formula is C13H15ClO4. The number of carbonyl (C=O) groups is 1. The fourth-order valence-electron chi connectivity index (χ4n) is 4.07. The van der Waals surface area contributed by atoms with Crippen LogP contribution in [0.15, 0.2) is 12.2 Å².